The Morgan fingerprint density at radius 2 is 1.75 bits per heavy atom. The Balaban J connectivity index is 0.00000729. The van der Waals surface area contributed by atoms with Gasteiger partial charge in [0.05, 0.1) is 22.2 Å². The third-order valence-electron chi connectivity index (χ3n) is 4.64. The van der Waals surface area contributed by atoms with Crippen LogP contribution in [0.5, 0.6) is 0 Å². The Kier molecular flexibility index (Phi) is 11.7. The molecule has 0 fully saturated rings. The molecule has 0 heterocycles. The lowest BCUT2D eigenvalue weighted by atomic mass is 10.0. The topological polar surface area (TPSA) is 105 Å². The van der Waals surface area contributed by atoms with Crippen LogP contribution in [0.25, 0.3) is 0 Å². The zero-order valence-corrected chi connectivity index (χ0v) is 19.1. The molecule has 7 nitrogen and oxygen atoms in total. The van der Waals surface area contributed by atoms with Crippen molar-refractivity contribution >= 4 is 39.7 Å². The van der Waals surface area contributed by atoms with Crippen molar-refractivity contribution in [1.29, 1.82) is 0 Å². The van der Waals surface area contributed by atoms with Gasteiger partial charge >= 0.3 is 0 Å². The predicted molar refractivity (Wildman–Crippen MR) is 119 cm³/mol. The number of halogens is 1. The minimum atomic E-state index is -3.61. The van der Waals surface area contributed by atoms with Crippen molar-refractivity contribution in [2.45, 2.75) is 58.4 Å². The van der Waals surface area contributed by atoms with Gasteiger partial charge in [0, 0.05) is 25.7 Å². The molecule has 0 bridgehead atoms. The molecule has 1 amide bonds. The minimum Gasteiger partial charge on any atom is -0.383 e. The summed E-state index contributed by atoms with van der Waals surface area (Å²) in [5, 5.41) is 6.11. The molecule has 9 heteroatoms. The van der Waals surface area contributed by atoms with Gasteiger partial charge in [-0.15, -0.1) is 12.4 Å². The first-order valence-corrected chi connectivity index (χ1v) is 11.1. The van der Waals surface area contributed by atoms with Crippen molar-refractivity contribution in [1.82, 2.24) is 4.31 Å². The van der Waals surface area contributed by atoms with Gasteiger partial charge in [-0.3, -0.25) is 4.79 Å². The predicted octanol–water partition coefficient (Wildman–Crippen LogP) is 3.27. The van der Waals surface area contributed by atoms with Crippen molar-refractivity contribution in [2.75, 3.05) is 30.3 Å². The molecule has 0 aliphatic rings. The van der Waals surface area contributed by atoms with E-state index in [4.69, 9.17) is 5.73 Å². The zero-order chi connectivity index (χ0) is 20.6. The molecule has 0 saturated heterocycles. The highest BCUT2D eigenvalue weighted by Gasteiger charge is 2.24. The van der Waals surface area contributed by atoms with Crippen molar-refractivity contribution in [3.63, 3.8) is 0 Å². The first-order chi connectivity index (χ1) is 12.7. The second-order valence-corrected chi connectivity index (χ2v) is 8.65. The molecule has 1 aromatic carbocycles. The summed E-state index contributed by atoms with van der Waals surface area (Å²) >= 11 is 0. The first kappa shape index (κ1) is 26.6. The van der Waals surface area contributed by atoms with E-state index in [2.05, 4.69) is 17.6 Å². The zero-order valence-electron chi connectivity index (χ0n) is 17.5. The van der Waals surface area contributed by atoms with Crippen LogP contribution in [0.4, 0.5) is 11.4 Å². The Hall–Kier alpha value is -1.35. The van der Waals surface area contributed by atoms with E-state index in [1.54, 1.807) is 39.8 Å². The van der Waals surface area contributed by atoms with Crippen molar-refractivity contribution in [3.8, 4) is 0 Å². The maximum absolute atomic E-state index is 12.8. The quantitative estimate of drug-likeness (QED) is 0.463. The van der Waals surface area contributed by atoms with E-state index in [1.807, 2.05) is 0 Å². The molecular formula is C19H35ClN4O3S. The summed E-state index contributed by atoms with van der Waals surface area (Å²) in [5.41, 5.74) is 6.98. The molecular weight excluding hydrogens is 400 g/mol. The summed E-state index contributed by atoms with van der Waals surface area (Å²) in [6.45, 7) is 10.7. The molecule has 0 radical (unpaired) electrons. The summed E-state index contributed by atoms with van der Waals surface area (Å²) < 4.78 is 27.0. The van der Waals surface area contributed by atoms with Crippen molar-refractivity contribution in [3.05, 3.63) is 18.2 Å². The van der Waals surface area contributed by atoms with E-state index in [9.17, 15) is 13.2 Å². The van der Waals surface area contributed by atoms with Crippen molar-refractivity contribution < 1.29 is 13.2 Å². The standard InChI is InChI=1S/C19H34N4O3S.ClH/c1-6-9-12-21-17-11-10-16(27(25,26)23(7-2)8-3)13-18(17)22-19(24)14(4)15(5)20;/h10-11,13-15,21H,6-9,12,20H2,1-5H3,(H,22,24);1H. The van der Waals surface area contributed by atoms with E-state index in [1.165, 1.54) is 10.4 Å². The Morgan fingerprint density at radius 1 is 1.14 bits per heavy atom. The fourth-order valence-corrected chi connectivity index (χ4v) is 4.02. The molecule has 0 spiro atoms. The van der Waals surface area contributed by atoms with Gasteiger partial charge in [-0.05, 0) is 31.5 Å². The van der Waals surface area contributed by atoms with Crippen LogP contribution in [0.1, 0.15) is 47.5 Å². The highest BCUT2D eigenvalue weighted by Crippen LogP contribution is 2.28. The average molecular weight is 435 g/mol. The lowest BCUT2D eigenvalue weighted by Gasteiger charge is -2.21. The molecule has 2 unspecified atom stereocenters. The molecule has 0 aliphatic carbocycles. The normalized spacial score (nSPS) is 13.5. The van der Waals surface area contributed by atoms with Gasteiger partial charge in [0.15, 0.2) is 0 Å². The lowest BCUT2D eigenvalue weighted by Crippen LogP contribution is -2.34. The second kappa shape index (κ2) is 12.3. The maximum atomic E-state index is 12.8. The Morgan fingerprint density at radius 3 is 2.25 bits per heavy atom. The number of hydrogen-bond acceptors (Lipinski definition) is 5. The summed E-state index contributed by atoms with van der Waals surface area (Å²) in [5.74, 6) is -0.627. The average Bonchev–Trinajstić information content (AvgIpc) is 2.62. The Labute approximate surface area is 175 Å². The number of nitrogens with zero attached hydrogens (tertiary/aromatic N) is 1. The van der Waals surface area contributed by atoms with E-state index in [0.29, 0.717) is 24.5 Å². The number of anilines is 2. The number of carbonyl (C=O) groups is 1. The van der Waals surface area contributed by atoms with Gasteiger partial charge in [-0.25, -0.2) is 8.42 Å². The van der Waals surface area contributed by atoms with Crippen LogP contribution >= 0.6 is 12.4 Å². The van der Waals surface area contributed by atoms with Crippen LogP contribution in [0.15, 0.2) is 23.1 Å². The summed E-state index contributed by atoms with van der Waals surface area (Å²) in [4.78, 5) is 12.6. The molecule has 4 N–H and O–H groups in total. The van der Waals surface area contributed by atoms with Gasteiger partial charge in [0.2, 0.25) is 15.9 Å². The fraction of sp³-hybridized carbons (Fsp3) is 0.632. The van der Waals surface area contributed by atoms with Gasteiger partial charge in [-0.2, -0.15) is 4.31 Å². The summed E-state index contributed by atoms with van der Waals surface area (Å²) in [6, 6.07) is 4.50. The summed E-state index contributed by atoms with van der Waals surface area (Å²) in [6.07, 6.45) is 2.01. The minimum absolute atomic E-state index is 0. The molecule has 0 saturated carbocycles. The third kappa shape index (κ3) is 6.92. The number of rotatable bonds is 11. The number of sulfonamides is 1. The number of benzene rings is 1. The van der Waals surface area contributed by atoms with Crippen LogP contribution in [-0.4, -0.2) is 44.3 Å². The van der Waals surface area contributed by atoms with Gasteiger partial charge in [-0.1, -0.05) is 34.1 Å². The van der Waals surface area contributed by atoms with Crippen LogP contribution in [0.3, 0.4) is 0 Å². The van der Waals surface area contributed by atoms with Gasteiger partial charge < -0.3 is 16.4 Å². The maximum Gasteiger partial charge on any atom is 0.243 e. The number of unbranched alkanes of at least 4 members (excludes halogenated alkanes) is 1. The van der Waals surface area contributed by atoms with Crippen LogP contribution in [-0.2, 0) is 14.8 Å². The van der Waals surface area contributed by atoms with Gasteiger partial charge in [0.1, 0.15) is 0 Å². The highest BCUT2D eigenvalue weighted by molar-refractivity contribution is 7.89. The highest BCUT2D eigenvalue weighted by atomic mass is 35.5. The number of amides is 1. The van der Waals surface area contributed by atoms with Crippen LogP contribution < -0.4 is 16.4 Å². The van der Waals surface area contributed by atoms with Gasteiger partial charge in [0.25, 0.3) is 0 Å². The molecule has 162 valence electrons. The molecule has 1 rings (SSSR count). The number of hydrogen-bond donors (Lipinski definition) is 3. The first-order valence-electron chi connectivity index (χ1n) is 9.63. The van der Waals surface area contributed by atoms with E-state index >= 15 is 0 Å². The van der Waals surface area contributed by atoms with Crippen LogP contribution in [0, 0.1) is 5.92 Å². The summed E-state index contributed by atoms with van der Waals surface area (Å²) in [7, 11) is -3.61. The van der Waals surface area contributed by atoms with E-state index in [-0.39, 0.29) is 29.3 Å². The van der Waals surface area contributed by atoms with Crippen molar-refractivity contribution in [2.24, 2.45) is 11.7 Å². The lowest BCUT2D eigenvalue weighted by molar-refractivity contribution is -0.119. The molecule has 28 heavy (non-hydrogen) atoms. The van der Waals surface area contributed by atoms with Crippen LogP contribution in [0.2, 0.25) is 0 Å². The number of nitrogens with two attached hydrogens (primary N) is 1. The molecule has 2 atom stereocenters. The number of carbonyl (C=O) groups excluding carboxylic acids is 1. The SMILES string of the molecule is CCCCNc1ccc(S(=O)(=O)N(CC)CC)cc1NC(=O)C(C)C(C)N.Cl. The van der Waals surface area contributed by atoms with E-state index < -0.39 is 15.9 Å². The third-order valence-corrected chi connectivity index (χ3v) is 6.69. The Bertz CT molecular complexity index is 722. The largest absolute Gasteiger partial charge is 0.383 e. The second-order valence-electron chi connectivity index (χ2n) is 6.71. The molecule has 0 aromatic heterocycles. The fourth-order valence-electron chi connectivity index (χ4n) is 2.54. The molecule has 0 aliphatic heterocycles. The molecule has 1 aromatic rings. The smallest absolute Gasteiger partial charge is 0.243 e. The number of nitrogens with one attached hydrogen (secondary N) is 2. The monoisotopic (exact) mass is 434 g/mol. The van der Waals surface area contributed by atoms with E-state index in [0.717, 1.165) is 19.4 Å².